The number of hydrogen-bond donors (Lipinski definition) is 8. The van der Waals surface area contributed by atoms with Gasteiger partial charge in [-0.1, -0.05) is 44.2 Å². The van der Waals surface area contributed by atoms with Crippen molar-refractivity contribution < 1.29 is 86.0 Å². The maximum atomic E-state index is 13.2. The Balaban J connectivity index is 1.88. The predicted molar refractivity (Wildman–Crippen MR) is 218 cm³/mol. The summed E-state index contributed by atoms with van der Waals surface area (Å²) in [6, 6.07) is 5.20. The monoisotopic (exact) mass is 919 g/mol. The van der Waals surface area contributed by atoms with Crippen molar-refractivity contribution in [1.29, 1.82) is 0 Å². The summed E-state index contributed by atoms with van der Waals surface area (Å²) < 4.78 is 49.9. The van der Waals surface area contributed by atoms with Gasteiger partial charge in [0.2, 0.25) is 29.5 Å². The van der Waals surface area contributed by atoms with Gasteiger partial charge >= 0.3 is 19.8 Å². The van der Waals surface area contributed by atoms with Crippen LogP contribution in [0.15, 0.2) is 30.3 Å². The Hall–Kier alpha value is -4.58. The lowest BCUT2D eigenvalue weighted by Crippen LogP contribution is -2.66. The zero-order valence-electron chi connectivity index (χ0n) is 36.1. The summed E-state index contributed by atoms with van der Waals surface area (Å²) in [5.74, 6) is -5.05. The first kappa shape index (κ1) is 54.6. The van der Waals surface area contributed by atoms with Gasteiger partial charge in [0, 0.05) is 32.7 Å². The third-order valence-corrected chi connectivity index (χ3v) is 10.0. The molecule has 23 nitrogen and oxygen atoms in total. The minimum Gasteiger partial charge on any atom is -0.462 e. The summed E-state index contributed by atoms with van der Waals surface area (Å²) in [6.45, 7) is 4.89. The van der Waals surface area contributed by atoms with Gasteiger partial charge in [0.1, 0.15) is 49.1 Å². The van der Waals surface area contributed by atoms with E-state index in [1.807, 2.05) is 6.07 Å². The van der Waals surface area contributed by atoms with E-state index in [0.29, 0.717) is 12.8 Å². The first-order valence-corrected chi connectivity index (χ1v) is 22.0. The van der Waals surface area contributed by atoms with Gasteiger partial charge in [-0.15, -0.1) is 0 Å². The minimum absolute atomic E-state index is 0.0352. The number of carbonyl (C=O) groups is 7. The molecule has 9 N–H and O–H groups in total. The Morgan fingerprint density at radius 1 is 0.921 bits per heavy atom. The third kappa shape index (κ3) is 20.6. The number of hydrogen-bond acceptors (Lipinski definition) is 17. The third-order valence-electron chi connectivity index (χ3n) is 9.02. The molecule has 0 spiro atoms. The fourth-order valence-electron chi connectivity index (χ4n) is 5.75. The lowest BCUT2D eigenvalue weighted by Gasteiger charge is -2.44. The predicted octanol–water partition coefficient (Wildman–Crippen LogP) is -0.880. The molecule has 0 aliphatic carbocycles. The number of aliphatic hydroxyl groups excluding tert-OH is 2. The van der Waals surface area contributed by atoms with Gasteiger partial charge in [-0.05, 0) is 38.7 Å². The molecule has 1 unspecified atom stereocenters. The number of nitrogens with one attached hydrogen (secondary N) is 4. The Bertz CT molecular complexity index is 1690. The number of aliphatic hydroxyl groups is 2. The Morgan fingerprint density at radius 3 is 2.21 bits per heavy atom. The van der Waals surface area contributed by atoms with Gasteiger partial charge in [0.15, 0.2) is 12.4 Å². The van der Waals surface area contributed by atoms with Gasteiger partial charge in [-0.25, -0.2) is 4.57 Å². The summed E-state index contributed by atoms with van der Waals surface area (Å²) in [5.41, 5.74) is 6.22. The highest BCUT2D eigenvalue weighted by molar-refractivity contribution is 7.47. The van der Waals surface area contributed by atoms with Crippen molar-refractivity contribution in [2.45, 2.75) is 135 Å². The van der Waals surface area contributed by atoms with Crippen molar-refractivity contribution in [3.63, 3.8) is 0 Å². The highest BCUT2D eigenvalue weighted by atomic mass is 31.2. The molecule has 1 aliphatic heterocycles. The van der Waals surface area contributed by atoms with Crippen LogP contribution in [0.2, 0.25) is 0 Å². The van der Waals surface area contributed by atoms with E-state index in [4.69, 9.17) is 38.5 Å². The highest BCUT2D eigenvalue weighted by Crippen LogP contribution is 2.43. The molecule has 1 heterocycles. The van der Waals surface area contributed by atoms with Gasteiger partial charge in [0.25, 0.3) is 0 Å². The molecule has 2 rings (SSSR count). The second kappa shape index (κ2) is 28.3. The molecule has 63 heavy (non-hydrogen) atoms. The summed E-state index contributed by atoms with van der Waals surface area (Å²) in [7, 11) is -4.73. The molecule has 10 atom stereocenters. The van der Waals surface area contributed by atoms with E-state index >= 15 is 0 Å². The fraction of sp³-hybridized carbons (Fsp3) is 0.667. The van der Waals surface area contributed by atoms with Crippen LogP contribution in [0.5, 0.6) is 0 Å². The van der Waals surface area contributed by atoms with E-state index in [1.165, 1.54) is 20.8 Å². The quantitative estimate of drug-likeness (QED) is 0.0275. The summed E-state index contributed by atoms with van der Waals surface area (Å²) in [4.78, 5) is 96.8. The van der Waals surface area contributed by atoms with E-state index in [1.54, 1.807) is 38.1 Å². The molecule has 0 aromatic heterocycles. The number of primary amides is 1. The molecule has 0 bridgehead atoms. The van der Waals surface area contributed by atoms with Crippen LogP contribution in [0.4, 0.5) is 0 Å². The molecule has 1 fully saturated rings. The van der Waals surface area contributed by atoms with Gasteiger partial charge in [0.05, 0.1) is 26.4 Å². The molecule has 356 valence electrons. The Labute approximate surface area is 365 Å². The lowest BCUT2D eigenvalue weighted by molar-refractivity contribution is -0.283. The number of ether oxygens (including phenoxy) is 5. The van der Waals surface area contributed by atoms with E-state index in [9.17, 15) is 53.2 Å². The first-order valence-electron chi connectivity index (χ1n) is 20.5. The van der Waals surface area contributed by atoms with Crippen LogP contribution in [-0.4, -0.2) is 144 Å². The zero-order chi connectivity index (χ0) is 47.1. The maximum Gasteiger partial charge on any atom is 0.472 e. The molecule has 1 aromatic rings. The van der Waals surface area contributed by atoms with Crippen LogP contribution in [0.3, 0.4) is 0 Å². The van der Waals surface area contributed by atoms with E-state index < -0.39 is 131 Å². The van der Waals surface area contributed by atoms with Gasteiger partial charge < -0.3 is 65.8 Å². The number of phosphoric ester groups is 1. The zero-order valence-corrected chi connectivity index (χ0v) is 37.0. The standard InChI is InChI=1S/C39H62N5O18P/c1-6-11-31(48)56-21-27(61-32(49)12-7-2)22-59-63(54,55)58-18-17-41-30(47)16-15-28(36(40)51)44-37(52)23(3)42-38(53)24(4)60-35-33(43-25(5)46)39(62-29(19-45)34(35)50)57-20-26-13-9-8-10-14-26/h8-10,13-14,23-24,27-29,33-35,39,45,50H,6-7,11-12,15-22H2,1-5H3,(H2,40,51)(H,41,47)(H,42,53)(H,43,46)(H,44,52)(H,54,55)/t23-,24+,27+,28+,29+,33+,34+,35+,39-/m0/s1. The molecule has 24 heteroatoms. The number of carbonyl (C=O) groups excluding carboxylic acids is 7. The molecule has 1 aromatic carbocycles. The van der Waals surface area contributed by atoms with Crippen LogP contribution in [0.1, 0.15) is 78.7 Å². The summed E-state index contributed by atoms with van der Waals surface area (Å²) >= 11 is 0. The average Bonchev–Trinajstić information content (AvgIpc) is 3.23. The molecule has 0 saturated carbocycles. The molecule has 0 radical (unpaired) electrons. The summed E-state index contributed by atoms with van der Waals surface area (Å²) in [6.07, 6.45) is -7.30. The highest BCUT2D eigenvalue weighted by Gasteiger charge is 2.48. The van der Waals surface area contributed by atoms with E-state index in [2.05, 4.69) is 21.3 Å². The van der Waals surface area contributed by atoms with Gasteiger partial charge in [-0.2, -0.15) is 0 Å². The molecule has 5 amide bonds. The maximum absolute atomic E-state index is 13.2. The second-order valence-electron chi connectivity index (χ2n) is 14.5. The number of amides is 5. The number of nitrogens with two attached hydrogens (primary N) is 1. The Kier molecular flexibility index (Phi) is 24.5. The molecule has 1 aliphatic rings. The van der Waals surface area contributed by atoms with Crippen LogP contribution >= 0.6 is 7.82 Å². The van der Waals surface area contributed by atoms with E-state index in [-0.39, 0.29) is 38.8 Å². The number of benzene rings is 1. The lowest BCUT2D eigenvalue weighted by atomic mass is 9.96. The van der Waals surface area contributed by atoms with Crippen molar-refractivity contribution in [1.82, 2.24) is 21.3 Å². The normalized spacial score (nSPS) is 21.3. The largest absolute Gasteiger partial charge is 0.472 e. The van der Waals surface area contributed by atoms with Crippen LogP contribution in [0, 0.1) is 0 Å². The number of phosphoric acid groups is 1. The molecular formula is C39H62N5O18P. The topological polar surface area (TPSA) is 336 Å². The summed E-state index contributed by atoms with van der Waals surface area (Å²) in [5, 5.41) is 30.7. The first-order chi connectivity index (χ1) is 29.8. The van der Waals surface area contributed by atoms with Crippen molar-refractivity contribution in [2.24, 2.45) is 5.73 Å². The SMILES string of the molecule is CCCC(=O)OC[C@H](COP(=O)(O)OCCNC(=O)CC[C@@H](NC(=O)[C@H](C)NC(=O)[C@@H](C)O[C@H]1[C@H](O)[C@@H](CO)O[C@H](OCc2ccccc2)[C@@H]1NC(C)=O)C(N)=O)OC(=O)CCC. The number of rotatable bonds is 29. The Morgan fingerprint density at radius 2 is 1.59 bits per heavy atom. The molecular weight excluding hydrogens is 857 g/mol. The van der Waals surface area contributed by atoms with Crippen molar-refractivity contribution in [2.75, 3.05) is 33.0 Å². The van der Waals surface area contributed by atoms with Crippen molar-refractivity contribution in [3.05, 3.63) is 35.9 Å². The van der Waals surface area contributed by atoms with Crippen LogP contribution < -0.4 is 27.0 Å². The van der Waals surface area contributed by atoms with Crippen molar-refractivity contribution in [3.8, 4) is 0 Å². The fourth-order valence-corrected chi connectivity index (χ4v) is 6.50. The minimum atomic E-state index is -4.73. The van der Waals surface area contributed by atoms with Crippen LogP contribution in [0.25, 0.3) is 0 Å². The number of esters is 2. The average molecular weight is 920 g/mol. The van der Waals surface area contributed by atoms with Crippen molar-refractivity contribution >= 4 is 49.3 Å². The smallest absolute Gasteiger partial charge is 0.462 e. The second-order valence-corrected chi connectivity index (χ2v) is 15.9. The van der Waals surface area contributed by atoms with Crippen LogP contribution in [-0.2, 0) is 77.5 Å². The van der Waals surface area contributed by atoms with E-state index in [0.717, 1.165) is 5.56 Å². The van der Waals surface area contributed by atoms with Gasteiger partial charge in [-0.3, -0.25) is 42.6 Å². The molecule has 1 saturated heterocycles.